The predicted molar refractivity (Wildman–Crippen MR) is 128 cm³/mol. The summed E-state index contributed by atoms with van der Waals surface area (Å²) in [7, 11) is 0. The van der Waals surface area contributed by atoms with E-state index in [0.29, 0.717) is 33.1 Å². The van der Waals surface area contributed by atoms with Crippen molar-refractivity contribution < 1.29 is 18.4 Å². The quantitative estimate of drug-likeness (QED) is 0.370. The molecular weight excluding hydrogens is 442 g/mol. The van der Waals surface area contributed by atoms with Gasteiger partial charge in [-0.2, -0.15) is 0 Å². The van der Waals surface area contributed by atoms with Crippen LogP contribution in [0.25, 0.3) is 22.1 Å². The molecule has 33 heavy (non-hydrogen) atoms. The molecule has 0 fully saturated rings. The first-order valence-corrected chi connectivity index (χ1v) is 11.1. The number of hydrogen-bond donors (Lipinski definition) is 1. The highest BCUT2D eigenvalue weighted by Crippen LogP contribution is 2.27. The van der Waals surface area contributed by atoms with E-state index < -0.39 is 0 Å². The van der Waals surface area contributed by atoms with Gasteiger partial charge in [0.2, 0.25) is 5.43 Å². The molecule has 0 spiro atoms. The van der Waals surface area contributed by atoms with Gasteiger partial charge in [-0.15, -0.1) is 0 Å². The van der Waals surface area contributed by atoms with Gasteiger partial charge in [-0.25, -0.2) is 0 Å². The first-order valence-electron chi connectivity index (χ1n) is 10.7. The summed E-state index contributed by atoms with van der Waals surface area (Å²) in [6, 6.07) is 15.7. The Hall–Kier alpha value is -3.51. The number of furan rings is 1. The maximum atomic E-state index is 13.1. The normalized spacial score (nSPS) is 12.0. The molecule has 6 nitrogen and oxygen atoms in total. The van der Waals surface area contributed by atoms with Gasteiger partial charge in [-0.05, 0) is 62.2 Å². The van der Waals surface area contributed by atoms with Gasteiger partial charge in [-0.1, -0.05) is 23.7 Å². The first kappa shape index (κ1) is 22.7. The second-order valence-corrected chi connectivity index (χ2v) is 8.34. The fourth-order valence-corrected chi connectivity index (χ4v) is 3.80. The number of amides is 1. The van der Waals surface area contributed by atoms with Gasteiger partial charge in [0.15, 0.2) is 6.61 Å². The number of benzene rings is 2. The van der Waals surface area contributed by atoms with Crippen LogP contribution in [-0.4, -0.2) is 18.6 Å². The van der Waals surface area contributed by atoms with E-state index in [1.807, 2.05) is 19.1 Å². The second-order valence-electron chi connectivity index (χ2n) is 7.90. The van der Waals surface area contributed by atoms with Gasteiger partial charge in [0.1, 0.15) is 22.9 Å². The van der Waals surface area contributed by atoms with Gasteiger partial charge in [0, 0.05) is 23.6 Å². The van der Waals surface area contributed by atoms with E-state index in [9.17, 15) is 9.59 Å². The van der Waals surface area contributed by atoms with Crippen LogP contribution in [0.3, 0.4) is 0 Å². The number of ether oxygens (including phenoxy) is 1. The highest BCUT2D eigenvalue weighted by atomic mass is 35.5. The summed E-state index contributed by atoms with van der Waals surface area (Å²) in [5, 5.41) is 3.94. The number of fused-ring (bicyclic) bond motifs is 1. The molecule has 4 aromatic rings. The standard InChI is InChI=1S/C26H24ClNO5/c1-16(5-10-20-4-3-13-31-20)28-24(29)15-32-21-11-12-22-23(14-21)33-17(2)25(26(22)30)18-6-8-19(27)9-7-18/h3-4,6-9,11-14,16H,5,10,15H2,1-2H3,(H,28,29)/t16-/m0/s1. The Balaban J connectivity index is 1.41. The van der Waals surface area contributed by atoms with Crippen molar-refractivity contribution in [2.24, 2.45) is 0 Å². The van der Waals surface area contributed by atoms with Crippen LogP contribution in [0, 0.1) is 6.92 Å². The lowest BCUT2D eigenvalue weighted by Crippen LogP contribution is -2.36. The van der Waals surface area contributed by atoms with Gasteiger partial charge < -0.3 is 18.9 Å². The smallest absolute Gasteiger partial charge is 0.258 e. The van der Waals surface area contributed by atoms with E-state index in [-0.39, 0.29) is 24.0 Å². The molecule has 0 saturated heterocycles. The molecule has 1 N–H and O–H groups in total. The number of halogens is 1. The highest BCUT2D eigenvalue weighted by Gasteiger charge is 2.15. The van der Waals surface area contributed by atoms with Crippen molar-refractivity contribution >= 4 is 28.5 Å². The second kappa shape index (κ2) is 9.96. The number of nitrogens with one attached hydrogen (secondary N) is 1. The van der Waals surface area contributed by atoms with Crippen LogP contribution in [0.15, 0.2) is 74.5 Å². The van der Waals surface area contributed by atoms with E-state index in [4.69, 9.17) is 25.2 Å². The van der Waals surface area contributed by atoms with E-state index in [2.05, 4.69) is 5.32 Å². The van der Waals surface area contributed by atoms with Crippen LogP contribution in [0.5, 0.6) is 5.75 Å². The number of rotatable bonds is 8. The van der Waals surface area contributed by atoms with Crippen LogP contribution in [-0.2, 0) is 11.2 Å². The topological polar surface area (TPSA) is 81.7 Å². The summed E-state index contributed by atoms with van der Waals surface area (Å²) in [6.07, 6.45) is 3.14. The molecule has 7 heteroatoms. The molecule has 0 unspecified atom stereocenters. The van der Waals surface area contributed by atoms with Crippen molar-refractivity contribution in [3.8, 4) is 16.9 Å². The molecule has 1 amide bonds. The summed E-state index contributed by atoms with van der Waals surface area (Å²) in [5.74, 6) is 1.61. The summed E-state index contributed by atoms with van der Waals surface area (Å²) < 4.78 is 16.9. The third-order valence-electron chi connectivity index (χ3n) is 5.35. The van der Waals surface area contributed by atoms with E-state index >= 15 is 0 Å². The maximum absolute atomic E-state index is 13.1. The fraction of sp³-hybridized carbons (Fsp3) is 0.231. The summed E-state index contributed by atoms with van der Waals surface area (Å²) in [4.78, 5) is 25.3. The summed E-state index contributed by atoms with van der Waals surface area (Å²) >= 11 is 5.96. The van der Waals surface area contributed by atoms with Gasteiger partial charge in [-0.3, -0.25) is 9.59 Å². The lowest BCUT2D eigenvalue weighted by Gasteiger charge is -2.14. The highest BCUT2D eigenvalue weighted by molar-refractivity contribution is 6.30. The molecule has 0 saturated carbocycles. The van der Waals surface area contributed by atoms with Gasteiger partial charge in [0.05, 0.1) is 17.2 Å². The molecule has 0 radical (unpaired) electrons. The number of hydrogen-bond acceptors (Lipinski definition) is 5. The molecule has 0 aliphatic carbocycles. The van der Waals surface area contributed by atoms with Crippen molar-refractivity contribution in [1.82, 2.24) is 5.32 Å². The Bertz CT molecular complexity index is 1310. The summed E-state index contributed by atoms with van der Waals surface area (Å²) in [5.41, 5.74) is 1.51. The van der Waals surface area contributed by atoms with E-state index in [1.54, 1.807) is 55.7 Å². The zero-order chi connectivity index (χ0) is 23.4. The Morgan fingerprint density at radius 3 is 2.67 bits per heavy atom. The van der Waals surface area contributed by atoms with Crippen molar-refractivity contribution in [3.63, 3.8) is 0 Å². The van der Waals surface area contributed by atoms with Crippen LogP contribution in [0.2, 0.25) is 5.02 Å². The lowest BCUT2D eigenvalue weighted by molar-refractivity contribution is -0.123. The maximum Gasteiger partial charge on any atom is 0.258 e. The zero-order valence-corrected chi connectivity index (χ0v) is 19.1. The van der Waals surface area contributed by atoms with Crippen molar-refractivity contribution in [3.05, 3.63) is 87.6 Å². The number of aryl methyl sites for hydroxylation is 2. The predicted octanol–water partition coefficient (Wildman–Crippen LogP) is 5.53. The van der Waals surface area contributed by atoms with Crippen molar-refractivity contribution in [2.75, 3.05) is 6.61 Å². The molecule has 0 aliphatic heterocycles. The average molecular weight is 466 g/mol. The summed E-state index contributed by atoms with van der Waals surface area (Å²) in [6.45, 7) is 3.55. The fourth-order valence-electron chi connectivity index (χ4n) is 3.68. The molecule has 0 bridgehead atoms. The van der Waals surface area contributed by atoms with Crippen LogP contribution < -0.4 is 15.5 Å². The van der Waals surface area contributed by atoms with Crippen molar-refractivity contribution in [2.45, 2.75) is 32.7 Å². The molecule has 2 aromatic heterocycles. The Morgan fingerprint density at radius 1 is 1.15 bits per heavy atom. The average Bonchev–Trinajstić information content (AvgIpc) is 3.31. The minimum atomic E-state index is -0.224. The Labute approximate surface area is 196 Å². The van der Waals surface area contributed by atoms with Gasteiger partial charge >= 0.3 is 0 Å². The molecule has 0 aliphatic rings. The van der Waals surface area contributed by atoms with Gasteiger partial charge in [0.25, 0.3) is 5.91 Å². The zero-order valence-electron chi connectivity index (χ0n) is 18.4. The van der Waals surface area contributed by atoms with Crippen LogP contribution in [0.4, 0.5) is 0 Å². The third kappa shape index (κ3) is 5.46. The van der Waals surface area contributed by atoms with E-state index in [1.165, 1.54) is 0 Å². The Kier molecular flexibility index (Phi) is 6.84. The monoisotopic (exact) mass is 465 g/mol. The molecule has 1 atom stereocenters. The third-order valence-corrected chi connectivity index (χ3v) is 5.61. The van der Waals surface area contributed by atoms with Crippen LogP contribution in [0.1, 0.15) is 24.9 Å². The van der Waals surface area contributed by atoms with Crippen LogP contribution >= 0.6 is 11.6 Å². The van der Waals surface area contributed by atoms with E-state index in [0.717, 1.165) is 24.2 Å². The largest absolute Gasteiger partial charge is 0.484 e. The molecule has 2 heterocycles. The molecule has 170 valence electrons. The molecule has 4 rings (SSSR count). The first-order chi connectivity index (χ1) is 15.9. The molecule has 2 aromatic carbocycles. The minimum Gasteiger partial charge on any atom is -0.484 e. The minimum absolute atomic E-state index is 0.0187. The lowest BCUT2D eigenvalue weighted by atomic mass is 10.0. The number of carbonyl (C=O) groups excluding carboxylic acids is 1. The molecular formula is C26H24ClNO5. The van der Waals surface area contributed by atoms with Crippen molar-refractivity contribution in [1.29, 1.82) is 0 Å². The number of carbonyl (C=O) groups is 1. The SMILES string of the molecule is Cc1oc2cc(OCC(=O)N[C@@H](C)CCc3ccco3)ccc2c(=O)c1-c1ccc(Cl)cc1. The Morgan fingerprint density at radius 2 is 1.94 bits per heavy atom.